The third-order valence-electron chi connectivity index (χ3n) is 5.50. The first kappa shape index (κ1) is 26.8. The van der Waals surface area contributed by atoms with Crippen molar-refractivity contribution >= 4 is 35.4 Å². The summed E-state index contributed by atoms with van der Waals surface area (Å²) in [7, 11) is 0. The number of nitrogens with one attached hydrogen (secondary N) is 2. The van der Waals surface area contributed by atoms with Crippen LogP contribution in [-0.4, -0.2) is 60.1 Å². The topological polar surface area (TPSA) is 92.3 Å². The second kappa shape index (κ2) is 11.7. The number of anilines is 1. The maximum atomic E-state index is 13.3. The van der Waals surface area contributed by atoms with Crippen LogP contribution in [0.5, 0.6) is 0 Å². The molecule has 1 radical (unpaired) electrons. The van der Waals surface area contributed by atoms with E-state index in [1.54, 1.807) is 6.92 Å². The van der Waals surface area contributed by atoms with E-state index in [2.05, 4.69) is 35.9 Å². The first-order valence-corrected chi connectivity index (χ1v) is 11.0. The van der Waals surface area contributed by atoms with Crippen molar-refractivity contribution in [1.29, 1.82) is 0 Å². The summed E-state index contributed by atoms with van der Waals surface area (Å²) in [4.78, 5) is 7.50. The molecule has 2 heterocycles. The Morgan fingerprint density at radius 2 is 1.69 bits per heavy atom. The molecule has 2 N–H and O–H groups in total. The summed E-state index contributed by atoms with van der Waals surface area (Å²) in [6.07, 6.45) is -2.21. The molecule has 0 saturated carbocycles. The van der Waals surface area contributed by atoms with E-state index in [-0.39, 0.29) is 35.4 Å². The van der Waals surface area contributed by atoms with Gasteiger partial charge in [0.2, 0.25) is 5.82 Å². The normalized spacial score (nSPS) is 11.2. The smallest absolute Gasteiger partial charge is 0.366 e. The first-order chi connectivity index (χ1) is 16.4. The average molecular weight is 490 g/mol. The standard InChI is InChI=1S/C24H24F3N7.Na/c1-3-4-7-18-15(2)29-23(24(25,26)27)30-21(18)28-14-16-10-12-17(13-11-16)19-8-5-6-9-20(19)22-31-33-34-32-22;/h5-6,8-13H,3-4,7,14H2,1-2H3,(H,28,29,30)(H,31,32,33,34);. The summed E-state index contributed by atoms with van der Waals surface area (Å²) in [5, 5.41) is 17.2. The monoisotopic (exact) mass is 490 g/mol. The van der Waals surface area contributed by atoms with E-state index in [1.807, 2.05) is 55.5 Å². The van der Waals surface area contributed by atoms with Crippen LogP contribution in [0.15, 0.2) is 48.5 Å². The van der Waals surface area contributed by atoms with E-state index in [0.717, 1.165) is 40.7 Å². The van der Waals surface area contributed by atoms with E-state index >= 15 is 0 Å². The van der Waals surface area contributed by atoms with Crippen LogP contribution in [0.2, 0.25) is 0 Å². The number of tetrazole rings is 1. The molecular formula is C24H24F3N7Na. The number of benzene rings is 2. The number of aromatic amines is 1. The van der Waals surface area contributed by atoms with Crippen molar-refractivity contribution < 1.29 is 13.2 Å². The number of H-pyrrole nitrogens is 1. The zero-order chi connectivity index (χ0) is 24.1. The van der Waals surface area contributed by atoms with Crippen LogP contribution in [0.1, 0.15) is 42.4 Å². The Kier molecular flexibility index (Phi) is 8.98. The Morgan fingerprint density at radius 3 is 2.31 bits per heavy atom. The van der Waals surface area contributed by atoms with E-state index in [9.17, 15) is 13.2 Å². The van der Waals surface area contributed by atoms with Gasteiger partial charge in [-0.25, -0.2) is 15.1 Å². The van der Waals surface area contributed by atoms with Gasteiger partial charge in [-0.15, -0.1) is 5.10 Å². The molecular weight excluding hydrogens is 466 g/mol. The number of rotatable bonds is 8. The van der Waals surface area contributed by atoms with Gasteiger partial charge in [0.25, 0.3) is 0 Å². The molecule has 0 aliphatic carbocycles. The van der Waals surface area contributed by atoms with Gasteiger partial charge >= 0.3 is 6.18 Å². The number of nitrogens with zero attached hydrogens (tertiary/aromatic N) is 5. The zero-order valence-electron chi connectivity index (χ0n) is 19.8. The van der Waals surface area contributed by atoms with E-state index < -0.39 is 12.0 Å². The summed E-state index contributed by atoms with van der Waals surface area (Å²) in [6.45, 7) is 3.97. The van der Waals surface area contributed by atoms with Crippen LogP contribution in [-0.2, 0) is 19.1 Å². The van der Waals surface area contributed by atoms with Gasteiger partial charge in [0.05, 0.1) is 0 Å². The second-order valence-corrected chi connectivity index (χ2v) is 7.91. The molecule has 0 atom stereocenters. The van der Waals surface area contributed by atoms with Gasteiger partial charge in [-0.05, 0) is 46.9 Å². The van der Waals surface area contributed by atoms with Gasteiger partial charge in [0.1, 0.15) is 5.82 Å². The molecule has 35 heavy (non-hydrogen) atoms. The maximum Gasteiger partial charge on any atom is 0.451 e. The van der Waals surface area contributed by atoms with E-state index in [1.165, 1.54) is 0 Å². The number of halogens is 3. The van der Waals surface area contributed by atoms with Crippen molar-refractivity contribution in [2.45, 2.75) is 45.8 Å². The summed E-state index contributed by atoms with van der Waals surface area (Å²) in [5.41, 5.74) is 4.79. The van der Waals surface area contributed by atoms with Gasteiger partial charge in [-0.2, -0.15) is 13.2 Å². The summed E-state index contributed by atoms with van der Waals surface area (Å²) in [6, 6.07) is 15.5. The van der Waals surface area contributed by atoms with Crippen molar-refractivity contribution in [3.63, 3.8) is 0 Å². The Morgan fingerprint density at radius 1 is 0.971 bits per heavy atom. The quantitative estimate of drug-likeness (QED) is 0.329. The maximum absolute atomic E-state index is 13.3. The summed E-state index contributed by atoms with van der Waals surface area (Å²) in [5.74, 6) is -0.317. The van der Waals surface area contributed by atoms with E-state index in [0.29, 0.717) is 24.5 Å². The fourth-order valence-electron chi connectivity index (χ4n) is 3.72. The Bertz CT molecular complexity index is 1240. The molecule has 0 saturated heterocycles. The van der Waals surface area contributed by atoms with Gasteiger partial charge in [0.15, 0.2) is 5.82 Å². The first-order valence-electron chi connectivity index (χ1n) is 11.0. The number of hydrogen-bond donors (Lipinski definition) is 2. The molecule has 0 aliphatic rings. The van der Waals surface area contributed by atoms with Crippen molar-refractivity contribution in [3.05, 3.63) is 71.2 Å². The number of aryl methyl sites for hydroxylation is 1. The van der Waals surface area contributed by atoms with Gasteiger partial charge in [0, 0.05) is 52.9 Å². The summed E-state index contributed by atoms with van der Waals surface area (Å²) < 4.78 is 39.8. The molecule has 0 amide bonds. The molecule has 11 heteroatoms. The summed E-state index contributed by atoms with van der Waals surface area (Å²) >= 11 is 0. The number of alkyl halides is 3. The molecule has 0 bridgehead atoms. The number of hydrogen-bond acceptors (Lipinski definition) is 6. The van der Waals surface area contributed by atoms with Crippen molar-refractivity contribution in [2.75, 3.05) is 5.32 Å². The van der Waals surface area contributed by atoms with Crippen LogP contribution < -0.4 is 5.32 Å². The molecule has 7 nitrogen and oxygen atoms in total. The largest absolute Gasteiger partial charge is 0.451 e. The third-order valence-corrected chi connectivity index (χ3v) is 5.50. The predicted octanol–water partition coefficient (Wildman–Crippen LogP) is 5.22. The van der Waals surface area contributed by atoms with Crippen LogP contribution in [0, 0.1) is 6.92 Å². The van der Waals surface area contributed by atoms with Crippen LogP contribution >= 0.6 is 0 Å². The second-order valence-electron chi connectivity index (χ2n) is 7.91. The van der Waals surface area contributed by atoms with Crippen molar-refractivity contribution in [3.8, 4) is 22.5 Å². The van der Waals surface area contributed by atoms with E-state index in [4.69, 9.17) is 0 Å². The van der Waals surface area contributed by atoms with Gasteiger partial charge in [-0.3, -0.25) is 0 Å². The molecule has 177 valence electrons. The minimum atomic E-state index is -4.60. The molecule has 4 aromatic rings. The molecule has 4 rings (SSSR count). The molecule has 0 aliphatic heterocycles. The minimum Gasteiger partial charge on any atom is -0.366 e. The van der Waals surface area contributed by atoms with Crippen LogP contribution in [0.3, 0.4) is 0 Å². The fraction of sp³-hybridized carbons (Fsp3) is 0.292. The molecule has 0 spiro atoms. The minimum absolute atomic E-state index is 0. The third kappa shape index (κ3) is 6.45. The van der Waals surface area contributed by atoms with Gasteiger partial charge in [-0.1, -0.05) is 61.9 Å². The Balaban J connectivity index is 0.00000342. The zero-order valence-corrected chi connectivity index (χ0v) is 21.8. The van der Waals surface area contributed by atoms with Gasteiger partial charge < -0.3 is 5.32 Å². The number of aromatic nitrogens is 6. The molecule has 2 aromatic heterocycles. The fourth-order valence-corrected chi connectivity index (χ4v) is 3.72. The molecule has 0 unspecified atom stereocenters. The SMILES string of the molecule is CCCCc1c(C)nc(C(F)(F)F)nc1NCc1ccc(-c2ccccc2-c2nnn[nH]2)cc1.[Na]. The predicted molar refractivity (Wildman–Crippen MR) is 129 cm³/mol. The van der Waals surface area contributed by atoms with Crippen LogP contribution in [0.25, 0.3) is 22.5 Å². The van der Waals surface area contributed by atoms with Crippen molar-refractivity contribution in [2.24, 2.45) is 0 Å². The Labute approximate surface area is 223 Å². The number of unbranched alkanes of at least 4 members (excludes halogenated alkanes) is 1. The molecule has 0 fully saturated rings. The molecule has 2 aromatic carbocycles. The van der Waals surface area contributed by atoms with Crippen molar-refractivity contribution in [1.82, 2.24) is 30.6 Å². The van der Waals surface area contributed by atoms with Crippen LogP contribution in [0.4, 0.5) is 19.0 Å². The Hall–Kier alpha value is -2.82. The average Bonchev–Trinajstić information content (AvgIpc) is 3.36.